The summed E-state index contributed by atoms with van der Waals surface area (Å²) in [5.74, 6) is -0.396. The molecule has 13 heteroatoms. The van der Waals surface area contributed by atoms with Gasteiger partial charge in [-0.05, 0) is 81.1 Å². The molecular weight excluding hydrogens is 598 g/mol. The molecule has 0 aliphatic rings. The number of hydrogen-bond donors (Lipinski definition) is 3. The molecule has 3 aromatic carbocycles. The van der Waals surface area contributed by atoms with Gasteiger partial charge in [-0.25, -0.2) is 13.2 Å². The van der Waals surface area contributed by atoms with E-state index < -0.39 is 39.6 Å². The van der Waals surface area contributed by atoms with E-state index in [2.05, 4.69) is 9.71 Å². The van der Waals surface area contributed by atoms with Crippen LogP contribution in [0.2, 0.25) is 0 Å². The van der Waals surface area contributed by atoms with Crippen molar-refractivity contribution in [3.05, 3.63) is 66.2 Å². The lowest BCUT2D eigenvalue weighted by Crippen LogP contribution is -2.53. The van der Waals surface area contributed by atoms with E-state index in [0.29, 0.717) is 16.9 Å². The van der Waals surface area contributed by atoms with Gasteiger partial charge in [-0.2, -0.15) is 4.72 Å². The molecule has 1 amide bonds. The molecule has 45 heavy (non-hydrogen) atoms. The number of methoxy groups -OCH3 is 2. The van der Waals surface area contributed by atoms with Crippen LogP contribution in [0.4, 0.5) is 0 Å². The summed E-state index contributed by atoms with van der Waals surface area (Å²) in [7, 11) is -1.23. The normalized spacial score (nSPS) is 13.0. The monoisotopic (exact) mass is 641 g/mol. The number of aliphatic imine (C=N–C) groups is 1. The molecule has 0 bridgehead atoms. The first-order valence-corrected chi connectivity index (χ1v) is 15.9. The highest BCUT2D eigenvalue weighted by atomic mass is 32.2. The third kappa shape index (κ3) is 9.82. The highest BCUT2D eigenvalue weighted by Crippen LogP contribution is 2.33. The number of esters is 1. The number of nitrogens with one attached hydrogen (secondary N) is 1. The maximum Gasteiger partial charge on any atom is 0.329 e. The third-order valence-corrected chi connectivity index (χ3v) is 8.33. The Morgan fingerprint density at radius 2 is 1.58 bits per heavy atom. The number of rotatable bonds is 14. The van der Waals surface area contributed by atoms with Crippen LogP contribution in [0.5, 0.6) is 11.5 Å². The number of guanidine groups is 1. The summed E-state index contributed by atoms with van der Waals surface area (Å²) < 4.78 is 46.5. The highest BCUT2D eigenvalue weighted by Gasteiger charge is 2.35. The first kappa shape index (κ1) is 35.1. The van der Waals surface area contributed by atoms with Crippen LogP contribution >= 0.6 is 0 Å². The molecule has 0 saturated heterocycles. The molecule has 244 valence electrons. The fraction of sp³-hybridized carbons (Fsp3) is 0.406. The number of ether oxygens (including phenoxy) is 3. The van der Waals surface area contributed by atoms with E-state index in [4.69, 9.17) is 25.7 Å². The van der Waals surface area contributed by atoms with Gasteiger partial charge >= 0.3 is 5.97 Å². The quantitative estimate of drug-likeness (QED) is 0.103. The van der Waals surface area contributed by atoms with E-state index in [0.717, 1.165) is 10.9 Å². The minimum absolute atomic E-state index is 0.0454. The van der Waals surface area contributed by atoms with Crippen molar-refractivity contribution >= 4 is 38.6 Å². The SMILES string of the molecule is COc1cc2ccc(S(=O)(=O)N[C@@H](CCCN=C(N)N)C(=O)N(Cc3ccccc3)[C@@H](C)C(=O)OC(C)(C)C)cc2cc1OC. The van der Waals surface area contributed by atoms with Crippen molar-refractivity contribution in [3.8, 4) is 11.5 Å². The molecule has 0 spiro atoms. The molecule has 3 aromatic rings. The zero-order valence-electron chi connectivity index (χ0n) is 26.6. The number of carbonyl (C=O) groups excluding carboxylic acids is 2. The number of fused-ring (bicyclic) bond motifs is 1. The van der Waals surface area contributed by atoms with Gasteiger partial charge in [0.15, 0.2) is 17.5 Å². The summed E-state index contributed by atoms with van der Waals surface area (Å²) in [6.07, 6.45) is 0.339. The Balaban J connectivity index is 2.01. The number of amides is 1. The fourth-order valence-corrected chi connectivity index (χ4v) is 5.87. The van der Waals surface area contributed by atoms with Crippen molar-refractivity contribution in [1.29, 1.82) is 0 Å². The lowest BCUT2D eigenvalue weighted by molar-refractivity contribution is -0.164. The van der Waals surface area contributed by atoms with Gasteiger partial charge in [-0.1, -0.05) is 36.4 Å². The summed E-state index contributed by atoms with van der Waals surface area (Å²) in [5.41, 5.74) is 10.9. The van der Waals surface area contributed by atoms with Crippen LogP contribution in [0.15, 0.2) is 70.6 Å². The van der Waals surface area contributed by atoms with Crippen LogP contribution < -0.4 is 25.7 Å². The number of nitrogens with zero attached hydrogens (tertiary/aromatic N) is 2. The van der Waals surface area contributed by atoms with Crippen molar-refractivity contribution in [3.63, 3.8) is 0 Å². The number of carbonyl (C=O) groups is 2. The van der Waals surface area contributed by atoms with Crippen LogP contribution in [0.3, 0.4) is 0 Å². The summed E-state index contributed by atoms with van der Waals surface area (Å²) in [5, 5.41) is 1.33. The summed E-state index contributed by atoms with van der Waals surface area (Å²) in [6, 6.07) is 14.8. The molecule has 0 aliphatic carbocycles. The molecule has 0 heterocycles. The summed E-state index contributed by atoms with van der Waals surface area (Å²) in [4.78, 5) is 32.6. The van der Waals surface area contributed by atoms with Crippen molar-refractivity contribution < 1.29 is 32.2 Å². The fourth-order valence-electron chi connectivity index (χ4n) is 4.61. The largest absolute Gasteiger partial charge is 0.493 e. The Morgan fingerprint density at radius 1 is 0.956 bits per heavy atom. The van der Waals surface area contributed by atoms with E-state index >= 15 is 0 Å². The first-order valence-electron chi connectivity index (χ1n) is 14.5. The molecule has 0 fully saturated rings. The number of sulfonamides is 1. The summed E-state index contributed by atoms with van der Waals surface area (Å²) >= 11 is 0. The van der Waals surface area contributed by atoms with Crippen molar-refractivity contribution in [2.75, 3.05) is 20.8 Å². The predicted octanol–water partition coefficient (Wildman–Crippen LogP) is 3.32. The molecule has 0 radical (unpaired) electrons. The molecule has 12 nitrogen and oxygen atoms in total. The van der Waals surface area contributed by atoms with E-state index in [1.807, 2.05) is 30.3 Å². The average Bonchev–Trinajstić information content (AvgIpc) is 2.99. The topological polar surface area (TPSA) is 176 Å². The van der Waals surface area contributed by atoms with E-state index in [-0.39, 0.29) is 36.8 Å². The van der Waals surface area contributed by atoms with Crippen LogP contribution in [-0.4, -0.2) is 69.6 Å². The molecule has 0 aromatic heterocycles. The zero-order valence-corrected chi connectivity index (χ0v) is 27.4. The third-order valence-electron chi connectivity index (χ3n) is 6.86. The molecule has 2 atom stereocenters. The van der Waals surface area contributed by atoms with Crippen LogP contribution in [0, 0.1) is 0 Å². The minimum Gasteiger partial charge on any atom is -0.493 e. The standard InChI is InChI=1S/C32H43N5O7S/c1-21(30(39)44-32(2,3)4)37(20-22-11-8-7-9-12-22)29(38)26(13-10-16-35-31(33)34)36-45(40,41)25-15-14-23-18-27(42-5)28(43-6)19-24(23)17-25/h7-9,11-12,14-15,17-19,21,26,36H,10,13,16,20H2,1-6H3,(H4,33,34,35)/t21-,26-/m0/s1. The second kappa shape index (κ2) is 15.1. The van der Waals surface area contributed by atoms with Gasteiger partial charge in [0.05, 0.1) is 19.1 Å². The van der Waals surface area contributed by atoms with Crippen molar-refractivity contribution in [2.45, 2.75) is 69.7 Å². The van der Waals surface area contributed by atoms with Crippen LogP contribution in [0.25, 0.3) is 10.8 Å². The zero-order chi connectivity index (χ0) is 33.4. The Hall–Kier alpha value is -4.36. The van der Waals surface area contributed by atoms with Gasteiger partial charge in [0.2, 0.25) is 15.9 Å². The Kier molecular flexibility index (Phi) is 11.8. The smallest absolute Gasteiger partial charge is 0.329 e. The Morgan fingerprint density at radius 3 is 2.16 bits per heavy atom. The predicted molar refractivity (Wildman–Crippen MR) is 173 cm³/mol. The van der Waals surface area contributed by atoms with Gasteiger partial charge in [0, 0.05) is 13.1 Å². The second-order valence-electron chi connectivity index (χ2n) is 11.5. The van der Waals surface area contributed by atoms with Gasteiger partial charge in [-0.3, -0.25) is 9.79 Å². The molecular formula is C32H43N5O7S. The first-order chi connectivity index (χ1) is 21.1. The van der Waals surface area contributed by atoms with Gasteiger partial charge in [0.1, 0.15) is 17.7 Å². The van der Waals surface area contributed by atoms with Gasteiger partial charge in [0.25, 0.3) is 0 Å². The maximum atomic E-state index is 14.2. The van der Waals surface area contributed by atoms with Crippen LogP contribution in [-0.2, 0) is 30.9 Å². The Labute approximate surface area is 264 Å². The van der Waals surface area contributed by atoms with Gasteiger partial charge < -0.3 is 30.6 Å². The lowest BCUT2D eigenvalue weighted by Gasteiger charge is -2.33. The van der Waals surface area contributed by atoms with Crippen LogP contribution in [0.1, 0.15) is 46.1 Å². The lowest BCUT2D eigenvalue weighted by atomic mass is 10.1. The van der Waals surface area contributed by atoms with Crippen molar-refractivity contribution in [2.24, 2.45) is 16.5 Å². The number of benzene rings is 3. The van der Waals surface area contributed by atoms with E-state index in [1.165, 1.54) is 31.3 Å². The maximum absolute atomic E-state index is 14.2. The second-order valence-corrected chi connectivity index (χ2v) is 13.2. The molecule has 5 N–H and O–H groups in total. The average molecular weight is 642 g/mol. The highest BCUT2D eigenvalue weighted by molar-refractivity contribution is 7.89. The Bertz CT molecular complexity index is 1620. The van der Waals surface area contributed by atoms with Gasteiger partial charge in [-0.15, -0.1) is 0 Å². The van der Waals surface area contributed by atoms with E-state index in [1.54, 1.807) is 45.9 Å². The molecule has 0 unspecified atom stereocenters. The van der Waals surface area contributed by atoms with E-state index in [9.17, 15) is 18.0 Å². The summed E-state index contributed by atoms with van der Waals surface area (Å²) in [6.45, 7) is 6.98. The minimum atomic E-state index is -4.24. The molecule has 0 saturated carbocycles. The van der Waals surface area contributed by atoms with Crippen molar-refractivity contribution in [1.82, 2.24) is 9.62 Å². The number of hydrogen-bond acceptors (Lipinski definition) is 8. The number of nitrogens with two attached hydrogens (primary N) is 2. The molecule has 0 aliphatic heterocycles. The molecule has 3 rings (SSSR count).